The van der Waals surface area contributed by atoms with Crippen LogP contribution in [-0.2, 0) is 4.74 Å². The first-order chi connectivity index (χ1) is 9.38. The van der Waals surface area contributed by atoms with Crippen LogP contribution in [0.3, 0.4) is 0 Å². The summed E-state index contributed by atoms with van der Waals surface area (Å²) in [4.78, 5) is 2.63. The molecule has 0 saturated carbocycles. The van der Waals surface area contributed by atoms with E-state index in [2.05, 4.69) is 17.1 Å². The smallest absolute Gasteiger partial charge is 0.0495 e. The van der Waals surface area contributed by atoms with Crippen LogP contribution < -0.4 is 5.32 Å². The zero-order chi connectivity index (χ0) is 13.3. The van der Waals surface area contributed by atoms with E-state index in [1.165, 1.54) is 71.2 Å². The van der Waals surface area contributed by atoms with Crippen LogP contribution in [0, 0.1) is 11.8 Å². The number of ether oxygens (including phenoxy) is 1. The Labute approximate surface area is 119 Å². The van der Waals surface area contributed by atoms with E-state index in [1.807, 2.05) is 0 Å². The monoisotopic (exact) mass is 268 g/mol. The molecule has 0 aromatic carbocycles. The first kappa shape index (κ1) is 15.3. The van der Waals surface area contributed by atoms with Gasteiger partial charge in [-0.2, -0.15) is 0 Å². The molecule has 0 unspecified atom stereocenters. The fourth-order valence-electron chi connectivity index (χ4n) is 3.31. The third-order valence-corrected chi connectivity index (χ3v) is 4.86. The summed E-state index contributed by atoms with van der Waals surface area (Å²) < 4.78 is 5.85. The predicted octanol–water partition coefficient (Wildman–Crippen LogP) is 2.51. The second-order valence-corrected chi connectivity index (χ2v) is 6.32. The molecular weight excluding hydrogens is 236 g/mol. The standard InChI is InChI=1S/C16H32N2O/c1-2-15-6-11-18(12-7-15)10-3-13-19-14-16-4-8-17-9-5-16/h15-17H,2-14H2,1H3. The molecule has 0 bridgehead atoms. The van der Waals surface area contributed by atoms with Crippen molar-refractivity contribution in [1.82, 2.24) is 10.2 Å². The van der Waals surface area contributed by atoms with Crippen LogP contribution in [0.4, 0.5) is 0 Å². The Bertz CT molecular complexity index is 221. The second kappa shape index (κ2) is 8.93. The van der Waals surface area contributed by atoms with Gasteiger partial charge in [0.15, 0.2) is 0 Å². The van der Waals surface area contributed by atoms with Gasteiger partial charge in [0.05, 0.1) is 0 Å². The Morgan fingerprint density at radius 2 is 1.79 bits per heavy atom. The van der Waals surface area contributed by atoms with Crippen molar-refractivity contribution in [2.24, 2.45) is 11.8 Å². The molecule has 0 atom stereocenters. The van der Waals surface area contributed by atoms with E-state index in [1.54, 1.807) is 0 Å². The van der Waals surface area contributed by atoms with Gasteiger partial charge in [0.2, 0.25) is 0 Å². The molecule has 2 heterocycles. The van der Waals surface area contributed by atoms with Gasteiger partial charge in [0.25, 0.3) is 0 Å². The molecule has 0 radical (unpaired) electrons. The van der Waals surface area contributed by atoms with Crippen LogP contribution in [0.15, 0.2) is 0 Å². The van der Waals surface area contributed by atoms with Gasteiger partial charge >= 0.3 is 0 Å². The number of likely N-dealkylation sites (tertiary alicyclic amines) is 1. The number of hydrogen-bond acceptors (Lipinski definition) is 3. The molecule has 3 heteroatoms. The van der Waals surface area contributed by atoms with Gasteiger partial charge in [0, 0.05) is 19.8 Å². The van der Waals surface area contributed by atoms with Crippen LogP contribution in [0.2, 0.25) is 0 Å². The largest absolute Gasteiger partial charge is 0.381 e. The fraction of sp³-hybridized carbons (Fsp3) is 1.00. The summed E-state index contributed by atoms with van der Waals surface area (Å²) in [5, 5.41) is 3.41. The van der Waals surface area contributed by atoms with Crippen LogP contribution >= 0.6 is 0 Å². The summed E-state index contributed by atoms with van der Waals surface area (Å²) >= 11 is 0. The van der Waals surface area contributed by atoms with E-state index in [4.69, 9.17) is 4.74 Å². The zero-order valence-corrected chi connectivity index (χ0v) is 12.7. The average Bonchev–Trinajstić information content (AvgIpc) is 2.49. The third kappa shape index (κ3) is 5.80. The van der Waals surface area contributed by atoms with Crippen LogP contribution in [0.25, 0.3) is 0 Å². The van der Waals surface area contributed by atoms with Gasteiger partial charge in [-0.05, 0) is 70.1 Å². The fourth-order valence-corrected chi connectivity index (χ4v) is 3.31. The summed E-state index contributed by atoms with van der Waals surface area (Å²) in [6, 6.07) is 0. The Morgan fingerprint density at radius 3 is 2.47 bits per heavy atom. The van der Waals surface area contributed by atoms with Crippen molar-refractivity contribution in [3.05, 3.63) is 0 Å². The number of nitrogens with zero attached hydrogens (tertiary/aromatic N) is 1. The van der Waals surface area contributed by atoms with Crippen LogP contribution in [-0.4, -0.2) is 50.8 Å². The normalized spacial score (nSPS) is 23.8. The van der Waals surface area contributed by atoms with Gasteiger partial charge < -0.3 is 15.0 Å². The molecular formula is C16H32N2O. The van der Waals surface area contributed by atoms with Crippen molar-refractivity contribution < 1.29 is 4.74 Å². The molecule has 2 saturated heterocycles. The first-order valence-corrected chi connectivity index (χ1v) is 8.39. The third-order valence-electron chi connectivity index (χ3n) is 4.86. The van der Waals surface area contributed by atoms with Crippen molar-refractivity contribution in [3.8, 4) is 0 Å². The lowest BCUT2D eigenvalue weighted by atomic mass is 9.94. The van der Waals surface area contributed by atoms with E-state index in [0.717, 1.165) is 25.0 Å². The zero-order valence-electron chi connectivity index (χ0n) is 12.7. The van der Waals surface area contributed by atoms with E-state index >= 15 is 0 Å². The van der Waals surface area contributed by atoms with E-state index in [9.17, 15) is 0 Å². The number of nitrogens with one attached hydrogen (secondary N) is 1. The minimum atomic E-state index is 0.807. The van der Waals surface area contributed by atoms with Crippen molar-refractivity contribution in [2.45, 2.75) is 45.4 Å². The lowest BCUT2D eigenvalue weighted by Gasteiger charge is -2.31. The van der Waals surface area contributed by atoms with Crippen molar-refractivity contribution in [1.29, 1.82) is 0 Å². The predicted molar refractivity (Wildman–Crippen MR) is 80.5 cm³/mol. The maximum absolute atomic E-state index is 5.85. The lowest BCUT2D eigenvalue weighted by molar-refractivity contribution is 0.0762. The van der Waals surface area contributed by atoms with Gasteiger partial charge in [-0.3, -0.25) is 0 Å². The molecule has 2 aliphatic heterocycles. The maximum Gasteiger partial charge on any atom is 0.0495 e. The molecule has 0 aromatic rings. The molecule has 2 fully saturated rings. The summed E-state index contributed by atoms with van der Waals surface area (Å²) in [7, 11) is 0. The topological polar surface area (TPSA) is 24.5 Å². The van der Waals surface area contributed by atoms with Crippen LogP contribution in [0.1, 0.15) is 45.4 Å². The molecule has 2 aliphatic rings. The van der Waals surface area contributed by atoms with Crippen LogP contribution in [0.5, 0.6) is 0 Å². The Balaban J connectivity index is 1.43. The average molecular weight is 268 g/mol. The van der Waals surface area contributed by atoms with Crippen molar-refractivity contribution >= 4 is 0 Å². The first-order valence-electron chi connectivity index (χ1n) is 8.39. The minimum absolute atomic E-state index is 0.807. The van der Waals surface area contributed by atoms with Gasteiger partial charge in [-0.15, -0.1) is 0 Å². The van der Waals surface area contributed by atoms with E-state index < -0.39 is 0 Å². The number of rotatable bonds is 7. The number of piperidine rings is 2. The number of hydrogen-bond donors (Lipinski definition) is 1. The molecule has 0 aromatic heterocycles. The maximum atomic E-state index is 5.85. The lowest BCUT2D eigenvalue weighted by Crippen LogP contribution is -2.34. The van der Waals surface area contributed by atoms with E-state index in [-0.39, 0.29) is 0 Å². The highest BCUT2D eigenvalue weighted by Gasteiger charge is 2.17. The molecule has 1 N–H and O–H groups in total. The molecule has 0 aliphatic carbocycles. The molecule has 0 spiro atoms. The Morgan fingerprint density at radius 1 is 1.05 bits per heavy atom. The second-order valence-electron chi connectivity index (χ2n) is 6.32. The highest BCUT2D eigenvalue weighted by Crippen LogP contribution is 2.19. The highest BCUT2D eigenvalue weighted by atomic mass is 16.5. The van der Waals surface area contributed by atoms with E-state index in [0.29, 0.717) is 0 Å². The molecule has 3 nitrogen and oxygen atoms in total. The molecule has 0 amide bonds. The van der Waals surface area contributed by atoms with Gasteiger partial charge in [-0.1, -0.05) is 13.3 Å². The summed E-state index contributed by atoms with van der Waals surface area (Å²) in [5.74, 6) is 1.80. The summed E-state index contributed by atoms with van der Waals surface area (Å²) in [6.07, 6.45) is 7.99. The summed E-state index contributed by atoms with van der Waals surface area (Å²) in [6.45, 7) is 10.5. The SMILES string of the molecule is CCC1CCN(CCCOCC2CCNCC2)CC1. The molecule has 112 valence electrons. The molecule has 19 heavy (non-hydrogen) atoms. The van der Waals surface area contributed by atoms with Gasteiger partial charge in [-0.25, -0.2) is 0 Å². The Kier molecular flexibility index (Phi) is 7.18. The highest BCUT2D eigenvalue weighted by molar-refractivity contribution is 4.71. The van der Waals surface area contributed by atoms with Crippen molar-refractivity contribution in [2.75, 3.05) is 45.9 Å². The summed E-state index contributed by atoms with van der Waals surface area (Å²) in [5.41, 5.74) is 0. The minimum Gasteiger partial charge on any atom is -0.381 e. The Hall–Kier alpha value is -0.120. The molecule has 2 rings (SSSR count). The quantitative estimate of drug-likeness (QED) is 0.718. The van der Waals surface area contributed by atoms with Gasteiger partial charge in [0.1, 0.15) is 0 Å². The van der Waals surface area contributed by atoms with Crippen molar-refractivity contribution in [3.63, 3.8) is 0 Å².